The summed E-state index contributed by atoms with van der Waals surface area (Å²) in [5, 5.41) is 12.8. The summed E-state index contributed by atoms with van der Waals surface area (Å²) in [6.45, 7) is 4.19. The van der Waals surface area contributed by atoms with Crippen LogP contribution in [0.15, 0.2) is 0 Å². The molecular formula is C14H20BrNO9. The number of carbonyl (C=O) groups excluding carboxylic acids is 4. The van der Waals surface area contributed by atoms with E-state index in [1.165, 1.54) is 6.92 Å². The van der Waals surface area contributed by atoms with Gasteiger partial charge in [0.15, 0.2) is 12.2 Å². The second-order valence-electron chi connectivity index (χ2n) is 5.39. The first-order valence-corrected chi connectivity index (χ1v) is 8.07. The molecule has 1 rings (SSSR count). The fourth-order valence-corrected chi connectivity index (χ4v) is 2.95. The van der Waals surface area contributed by atoms with Gasteiger partial charge in [-0.15, -0.1) is 0 Å². The number of carbonyl (C=O) groups is 4. The molecule has 11 heteroatoms. The lowest BCUT2D eigenvalue weighted by Gasteiger charge is -2.47. The van der Waals surface area contributed by atoms with Gasteiger partial charge < -0.3 is 29.4 Å². The van der Waals surface area contributed by atoms with Gasteiger partial charge in [0.1, 0.15) is 18.8 Å². The maximum absolute atomic E-state index is 11.5. The highest BCUT2D eigenvalue weighted by molar-refractivity contribution is 9.10. The molecule has 1 saturated heterocycles. The summed E-state index contributed by atoms with van der Waals surface area (Å²) in [6, 6.07) is -1.30. The standard InChI is InChI=1S/C14H20BrNO9/c1-6(17)16-13-12(24-9(4)20)11(23-8(3)19)10(5-22-7(2)18)25-14(13,15)21/h10-13,21H,5H2,1-4H3,(H,16,17)/t10-,11+,12+,13-,14-/m1/s1. The van der Waals surface area contributed by atoms with Gasteiger partial charge in [-0.1, -0.05) is 0 Å². The molecule has 1 aliphatic heterocycles. The monoisotopic (exact) mass is 425 g/mol. The number of halogens is 1. The predicted octanol–water partition coefficient (Wildman–Crippen LogP) is -0.643. The van der Waals surface area contributed by atoms with Crippen molar-refractivity contribution >= 4 is 39.7 Å². The Morgan fingerprint density at radius 1 is 1.04 bits per heavy atom. The van der Waals surface area contributed by atoms with E-state index >= 15 is 0 Å². The fourth-order valence-electron chi connectivity index (χ4n) is 2.34. The van der Waals surface area contributed by atoms with Gasteiger partial charge in [-0.3, -0.25) is 19.2 Å². The molecule has 0 bridgehead atoms. The fraction of sp³-hybridized carbons (Fsp3) is 0.714. The second kappa shape index (κ2) is 8.59. The minimum Gasteiger partial charge on any atom is -0.463 e. The Bertz CT molecular complexity index is 550. The van der Waals surface area contributed by atoms with Gasteiger partial charge in [0.05, 0.1) is 0 Å². The highest BCUT2D eigenvalue weighted by atomic mass is 79.9. The molecule has 25 heavy (non-hydrogen) atoms. The Labute approximate surface area is 152 Å². The summed E-state index contributed by atoms with van der Waals surface area (Å²) in [4.78, 5) is 45.4. The Balaban J connectivity index is 3.24. The highest BCUT2D eigenvalue weighted by Crippen LogP contribution is 2.36. The molecule has 1 amide bonds. The first-order chi connectivity index (χ1) is 11.4. The van der Waals surface area contributed by atoms with Crippen LogP contribution >= 0.6 is 15.9 Å². The van der Waals surface area contributed by atoms with E-state index < -0.39 is 52.9 Å². The van der Waals surface area contributed by atoms with E-state index in [9.17, 15) is 24.3 Å². The van der Waals surface area contributed by atoms with Gasteiger partial charge in [0.2, 0.25) is 10.6 Å². The normalized spacial score (nSPS) is 31.6. The number of aliphatic hydroxyl groups is 1. The van der Waals surface area contributed by atoms with Crippen LogP contribution in [0.3, 0.4) is 0 Å². The summed E-state index contributed by atoms with van der Waals surface area (Å²) in [7, 11) is 0. The lowest BCUT2D eigenvalue weighted by molar-refractivity contribution is -0.277. The molecule has 1 fully saturated rings. The van der Waals surface area contributed by atoms with Crippen LogP contribution in [0.4, 0.5) is 0 Å². The topological polar surface area (TPSA) is 137 Å². The average molecular weight is 426 g/mol. The van der Waals surface area contributed by atoms with Crippen molar-refractivity contribution in [3.05, 3.63) is 0 Å². The summed E-state index contributed by atoms with van der Waals surface area (Å²) in [6.07, 6.45) is -3.70. The predicted molar refractivity (Wildman–Crippen MR) is 84.1 cm³/mol. The van der Waals surface area contributed by atoms with Gasteiger partial charge in [-0.25, -0.2) is 0 Å². The zero-order valence-corrected chi connectivity index (χ0v) is 15.7. The van der Waals surface area contributed by atoms with Crippen LogP contribution in [0.5, 0.6) is 0 Å². The van der Waals surface area contributed by atoms with Crippen molar-refractivity contribution in [1.29, 1.82) is 0 Å². The van der Waals surface area contributed by atoms with Crippen molar-refractivity contribution < 1.29 is 43.2 Å². The maximum Gasteiger partial charge on any atom is 0.303 e. The number of hydrogen-bond donors (Lipinski definition) is 2. The Morgan fingerprint density at radius 3 is 2.00 bits per heavy atom. The lowest BCUT2D eigenvalue weighted by atomic mass is 9.96. The zero-order chi connectivity index (χ0) is 19.4. The van der Waals surface area contributed by atoms with Gasteiger partial charge in [-0.05, 0) is 15.9 Å². The van der Waals surface area contributed by atoms with E-state index in [0.29, 0.717) is 0 Å². The molecule has 5 atom stereocenters. The molecule has 0 aromatic rings. The third-order valence-electron chi connectivity index (χ3n) is 3.13. The number of alkyl halides is 1. The Kier molecular flexibility index (Phi) is 7.32. The number of rotatable bonds is 5. The van der Waals surface area contributed by atoms with Crippen LogP contribution in [0, 0.1) is 0 Å². The molecular weight excluding hydrogens is 406 g/mol. The zero-order valence-electron chi connectivity index (χ0n) is 14.1. The number of amides is 1. The summed E-state index contributed by atoms with van der Waals surface area (Å²) in [5.74, 6) is -2.64. The van der Waals surface area contributed by atoms with E-state index in [-0.39, 0.29) is 6.61 Å². The molecule has 0 saturated carbocycles. The molecule has 1 heterocycles. The van der Waals surface area contributed by atoms with Gasteiger partial charge in [-0.2, -0.15) is 0 Å². The third-order valence-corrected chi connectivity index (χ3v) is 3.81. The molecule has 0 aromatic heterocycles. The van der Waals surface area contributed by atoms with Crippen LogP contribution in [0.2, 0.25) is 0 Å². The molecule has 0 aromatic carbocycles. The van der Waals surface area contributed by atoms with Crippen LogP contribution in [0.25, 0.3) is 0 Å². The molecule has 142 valence electrons. The quantitative estimate of drug-likeness (QED) is 0.334. The van der Waals surface area contributed by atoms with Gasteiger partial charge in [0.25, 0.3) is 0 Å². The van der Waals surface area contributed by atoms with Crippen molar-refractivity contribution in [1.82, 2.24) is 5.32 Å². The van der Waals surface area contributed by atoms with Crippen molar-refractivity contribution in [3.63, 3.8) is 0 Å². The number of ether oxygens (including phenoxy) is 4. The minimum atomic E-state index is -2.17. The van der Waals surface area contributed by atoms with Gasteiger partial charge >= 0.3 is 17.9 Å². The van der Waals surface area contributed by atoms with Gasteiger partial charge in [0, 0.05) is 27.7 Å². The van der Waals surface area contributed by atoms with Crippen LogP contribution in [0.1, 0.15) is 27.7 Å². The van der Waals surface area contributed by atoms with Crippen molar-refractivity contribution in [2.24, 2.45) is 0 Å². The maximum atomic E-state index is 11.5. The summed E-state index contributed by atoms with van der Waals surface area (Å²) >= 11 is 2.91. The third kappa shape index (κ3) is 6.25. The second-order valence-corrected chi connectivity index (χ2v) is 6.53. The van der Waals surface area contributed by atoms with Crippen molar-refractivity contribution in [2.75, 3.05) is 6.61 Å². The lowest BCUT2D eigenvalue weighted by Crippen LogP contribution is -2.69. The van der Waals surface area contributed by atoms with Crippen molar-refractivity contribution in [3.8, 4) is 0 Å². The summed E-state index contributed by atoms with van der Waals surface area (Å²) < 4.78 is 18.3. The largest absolute Gasteiger partial charge is 0.463 e. The van der Waals surface area contributed by atoms with Crippen molar-refractivity contribution in [2.45, 2.75) is 56.7 Å². The van der Waals surface area contributed by atoms with E-state index in [2.05, 4.69) is 21.2 Å². The van der Waals surface area contributed by atoms with E-state index in [1.54, 1.807) is 0 Å². The van der Waals surface area contributed by atoms with Crippen LogP contribution in [-0.2, 0) is 38.1 Å². The molecule has 0 unspecified atom stereocenters. The van der Waals surface area contributed by atoms with E-state index in [4.69, 9.17) is 18.9 Å². The molecule has 1 aliphatic rings. The Hall–Kier alpha value is -1.72. The van der Waals surface area contributed by atoms with E-state index in [1.807, 2.05) is 0 Å². The van der Waals surface area contributed by atoms with E-state index in [0.717, 1.165) is 20.8 Å². The molecule has 0 spiro atoms. The highest BCUT2D eigenvalue weighted by Gasteiger charge is 2.57. The SMILES string of the molecule is CC(=O)N[C@@H]1[C@@H](OC(C)=O)[C@@H](OC(C)=O)[C@@H](COC(C)=O)O[C@@]1(O)Br. The first-order valence-electron chi connectivity index (χ1n) is 7.28. The number of hydrogen-bond acceptors (Lipinski definition) is 9. The smallest absolute Gasteiger partial charge is 0.303 e. The first kappa shape index (κ1) is 21.3. The molecule has 0 aliphatic carbocycles. The minimum absolute atomic E-state index is 0.383. The molecule has 2 N–H and O–H groups in total. The molecule has 10 nitrogen and oxygen atoms in total. The number of nitrogens with one attached hydrogen (secondary N) is 1. The van der Waals surface area contributed by atoms with Crippen LogP contribution in [-0.4, -0.2) is 64.6 Å². The average Bonchev–Trinajstić information content (AvgIpc) is 2.42. The van der Waals surface area contributed by atoms with Crippen LogP contribution < -0.4 is 5.32 Å². The summed E-state index contributed by atoms with van der Waals surface area (Å²) in [5.41, 5.74) is 0. The molecule has 0 radical (unpaired) electrons. The Morgan fingerprint density at radius 2 is 1.56 bits per heavy atom. The number of esters is 3.